The van der Waals surface area contributed by atoms with E-state index in [2.05, 4.69) is 25.8 Å². The quantitative estimate of drug-likeness (QED) is 0.730. The second-order valence-electron chi connectivity index (χ2n) is 3.92. The number of hydrogen-bond acceptors (Lipinski definition) is 4. The van der Waals surface area contributed by atoms with Gasteiger partial charge < -0.3 is 9.26 Å². The van der Waals surface area contributed by atoms with Crippen LogP contribution in [0.4, 0.5) is 0 Å². The highest BCUT2D eigenvalue weighted by atomic mass is 79.9. The van der Waals surface area contributed by atoms with Crippen molar-refractivity contribution in [2.24, 2.45) is 0 Å². The number of rotatable bonds is 1. The van der Waals surface area contributed by atoms with Crippen LogP contribution in [0.3, 0.4) is 0 Å². The lowest BCUT2D eigenvalue weighted by molar-refractivity contribution is 0.0596. The Bertz CT molecular complexity index is 351. The van der Waals surface area contributed by atoms with Crippen molar-refractivity contribution in [1.82, 2.24) is 5.16 Å². The van der Waals surface area contributed by atoms with Crippen LogP contribution in [-0.2, 0) is 10.2 Å². The van der Waals surface area contributed by atoms with E-state index in [9.17, 15) is 4.79 Å². The lowest BCUT2D eigenvalue weighted by Crippen LogP contribution is -2.17. The summed E-state index contributed by atoms with van der Waals surface area (Å²) in [7, 11) is 1.33. The Labute approximate surface area is 90.7 Å². The minimum atomic E-state index is -0.442. The first-order chi connectivity index (χ1) is 6.38. The van der Waals surface area contributed by atoms with Crippen LogP contribution in [0.1, 0.15) is 36.8 Å². The van der Waals surface area contributed by atoms with Crippen LogP contribution in [0.15, 0.2) is 9.19 Å². The average molecular weight is 262 g/mol. The van der Waals surface area contributed by atoms with Gasteiger partial charge in [0.25, 0.3) is 0 Å². The van der Waals surface area contributed by atoms with E-state index in [-0.39, 0.29) is 5.41 Å². The summed E-state index contributed by atoms with van der Waals surface area (Å²) in [6, 6.07) is 0. The smallest absolute Gasteiger partial charge is 0.344 e. The van der Waals surface area contributed by atoms with E-state index < -0.39 is 5.97 Å². The predicted molar refractivity (Wildman–Crippen MR) is 54.2 cm³/mol. The first-order valence-electron chi connectivity index (χ1n) is 4.12. The normalized spacial score (nSPS) is 11.5. The van der Waals surface area contributed by atoms with Gasteiger partial charge in [-0.25, -0.2) is 4.79 Å². The minimum absolute atomic E-state index is 0.251. The van der Waals surface area contributed by atoms with Gasteiger partial charge >= 0.3 is 5.97 Å². The molecule has 1 aromatic rings. The van der Waals surface area contributed by atoms with Crippen LogP contribution in [0.2, 0.25) is 0 Å². The molecule has 0 aliphatic heterocycles. The van der Waals surface area contributed by atoms with Gasteiger partial charge in [-0.1, -0.05) is 25.9 Å². The maximum Gasteiger partial charge on any atom is 0.344 e. The number of hydrogen-bond donors (Lipinski definition) is 0. The highest BCUT2D eigenvalue weighted by molar-refractivity contribution is 9.10. The van der Waals surface area contributed by atoms with Gasteiger partial charge in [-0.2, -0.15) is 0 Å². The Morgan fingerprint density at radius 1 is 1.50 bits per heavy atom. The van der Waals surface area contributed by atoms with Crippen molar-refractivity contribution >= 4 is 21.9 Å². The maximum atomic E-state index is 11.4. The fraction of sp³-hybridized carbons (Fsp3) is 0.556. The Balaban J connectivity index is 3.26. The van der Waals surface area contributed by atoms with E-state index in [1.165, 1.54) is 7.11 Å². The SMILES string of the molecule is COC(=O)c1c(C(C)(C)C)noc1Br. The molecular weight excluding hydrogens is 250 g/mol. The molecule has 0 radical (unpaired) electrons. The topological polar surface area (TPSA) is 52.3 Å². The fourth-order valence-corrected chi connectivity index (χ4v) is 1.48. The van der Waals surface area contributed by atoms with E-state index in [1.54, 1.807) is 0 Å². The summed E-state index contributed by atoms with van der Waals surface area (Å²) >= 11 is 3.12. The molecule has 0 aromatic carbocycles. The summed E-state index contributed by atoms with van der Waals surface area (Å²) in [5.74, 6) is -0.442. The zero-order valence-corrected chi connectivity index (χ0v) is 10.1. The lowest BCUT2D eigenvalue weighted by Gasteiger charge is -2.15. The van der Waals surface area contributed by atoms with Crippen LogP contribution >= 0.6 is 15.9 Å². The minimum Gasteiger partial charge on any atom is -0.465 e. The number of methoxy groups -OCH3 is 1. The van der Waals surface area contributed by atoms with Gasteiger partial charge in [0.15, 0.2) is 0 Å². The molecule has 0 atom stereocenters. The second kappa shape index (κ2) is 3.73. The second-order valence-corrected chi connectivity index (χ2v) is 4.64. The van der Waals surface area contributed by atoms with Gasteiger partial charge in [0.1, 0.15) is 11.3 Å². The summed E-state index contributed by atoms with van der Waals surface area (Å²) in [6.45, 7) is 5.84. The summed E-state index contributed by atoms with van der Waals surface area (Å²) in [4.78, 5) is 11.4. The fourth-order valence-electron chi connectivity index (χ4n) is 1.06. The average Bonchev–Trinajstić information content (AvgIpc) is 2.45. The lowest BCUT2D eigenvalue weighted by atomic mass is 9.90. The molecule has 0 N–H and O–H groups in total. The van der Waals surface area contributed by atoms with E-state index in [0.717, 1.165) is 0 Å². The van der Waals surface area contributed by atoms with Crippen LogP contribution in [0.5, 0.6) is 0 Å². The predicted octanol–water partition coefficient (Wildman–Crippen LogP) is 2.52. The molecule has 1 aromatic heterocycles. The van der Waals surface area contributed by atoms with E-state index in [1.807, 2.05) is 20.8 Å². The van der Waals surface area contributed by atoms with Gasteiger partial charge in [0.2, 0.25) is 4.67 Å². The van der Waals surface area contributed by atoms with Gasteiger partial charge in [-0.15, -0.1) is 0 Å². The summed E-state index contributed by atoms with van der Waals surface area (Å²) in [5.41, 5.74) is 0.704. The highest BCUT2D eigenvalue weighted by Crippen LogP contribution is 2.30. The third-order valence-electron chi connectivity index (χ3n) is 1.75. The van der Waals surface area contributed by atoms with Crippen molar-refractivity contribution in [1.29, 1.82) is 0 Å². The third-order valence-corrected chi connectivity index (χ3v) is 2.29. The Morgan fingerprint density at radius 3 is 2.50 bits per heavy atom. The molecule has 0 fully saturated rings. The highest BCUT2D eigenvalue weighted by Gasteiger charge is 2.29. The van der Waals surface area contributed by atoms with Crippen LogP contribution < -0.4 is 0 Å². The van der Waals surface area contributed by atoms with Crippen LogP contribution in [0, 0.1) is 0 Å². The standard InChI is InChI=1S/C9H12BrNO3/c1-9(2,3)6-5(8(12)13-4)7(10)14-11-6/h1-4H3. The number of carbonyl (C=O) groups excluding carboxylic acids is 1. The zero-order valence-electron chi connectivity index (χ0n) is 8.55. The van der Waals surface area contributed by atoms with Crippen molar-refractivity contribution in [3.05, 3.63) is 15.9 Å². The molecule has 0 amide bonds. The molecule has 0 saturated heterocycles. The molecule has 0 aliphatic rings. The van der Waals surface area contributed by atoms with Crippen molar-refractivity contribution in [3.63, 3.8) is 0 Å². The van der Waals surface area contributed by atoms with Gasteiger partial charge in [-0.05, 0) is 15.9 Å². The molecule has 4 nitrogen and oxygen atoms in total. The largest absolute Gasteiger partial charge is 0.465 e. The monoisotopic (exact) mass is 261 g/mol. The van der Waals surface area contributed by atoms with Gasteiger partial charge in [0.05, 0.1) is 7.11 Å². The molecule has 0 aliphatic carbocycles. The number of aromatic nitrogens is 1. The van der Waals surface area contributed by atoms with E-state index in [4.69, 9.17) is 4.52 Å². The number of carbonyl (C=O) groups is 1. The number of nitrogens with zero attached hydrogens (tertiary/aromatic N) is 1. The molecule has 78 valence electrons. The maximum absolute atomic E-state index is 11.4. The van der Waals surface area contributed by atoms with E-state index in [0.29, 0.717) is 15.9 Å². The number of esters is 1. The third kappa shape index (κ3) is 1.97. The number of halogens is 1. The Morgan fingerprint density at radius 2 is 2.07 bits per heavy atom. The van der Waals surface area contributed by atoms with Gasteiger partial charge in [-0.3, -0.25) is 0 Å². The van der Waals surface area contributed by atoms with Gasteiger partial charge in [0, 0.05) is 5.41 Å². The summed E-state index contributed by atoms with van der Waals surface area (Å²) in [6.07, 6.45) is 0. The Hall–Kier alpha value is -0.840. The van der Waals surface area contributed by atoms with Crippen molar-refractivity contribution in [2.45, 2.75) is 26.2 Å². The molecule has 5 heteroatoms. The number of ether oxygens (including phenoxy) is 1. The zero-order chi connectivity index (χ0) is 10.9. The van der Waals surface area contributed by atoms with Crippen molar-refractivity contribution in [2.75, 3.05) is 7.11 Å². The first-order valence-corrected chi connectivity index (χ1v) is 4.91. The Kier molecular flexibility index (Phi) is 2.99. The molecule has 1 rings (SSSR count). The molecule has 0 spiro atoms. The van der Waals surface area contributed by atoms with E-state index >= 15 is 0 Å². The molecule has 0 bridgehead atoms. The molecular formula is C9H12BrNO3. The van der Waals surface area contributed by atoms with Crippen molar-refractivity contribution in [3.8, 4) is 0 Å². The summed E-state index contributed by atoms with van der Waals surface area (Å²) < 4.78 is 9.87. The molecule has 14 heavy (non-hydrogen) atoms. The first kappa shape index (κ1) is 11.2. The van der Waals surface area contributed by atoms with Crippen LogP contribution in [-0.4, -0.2) is 18.2 Å². The van der Waals surface area contributed by atoms with Crippen molar-refractivity contribution < 1.29 is 14.1 Å². The molecule has 0 saturated carbocycles. The molecule has 1 heterocycles. The van der Waals surface area contributed by atoms with Crippen LogP contribution in [0.25, 0.3) is 0 Å². The summed E-state index contributed by atoms with van der Waals surface area (Å²) in [5, 5.41) is 3.83. The molecule has 0 unspecified atom stereocenters.